The van der Waals surface area contributed by atoms with Crippen molar-refractivity contribution in [3.05, 3.63) is 34.4 Å². The van der Waals surface area contributed by atoms with Gasteiger partial charge in [0.25, 0.3) is 5.69 Å². The number of hydrogen-bond donors (Lipinski definition) is 0. The summed E-state index contributed by atoms with van der Waals surface area (Å²) in [6, 6.07) is 5.51. The van der Waals surface area contributed by atoms with Crippen molar-refractivity contribution in [3.8, 4) is 5.75 Å². The maximum atomic E-state index is 12.3. The van der Waals surface area contributed by atoms with E-state index in [0.717, 1.165) is 37.0 Å². The summed E-state index contributed by atoms with van der Waals surface area (Å²) in [6.07, 6.45) is 11.8. The SMILES string of the molecule is C[C@@]12CCC[C@H]1[C@@H]1CC[C@H]3C[C@@H](OC(=O)Oc4ccc([N+](=O)[O-])cc4)CC[C@]3(C)[C@H]1CC2. The van der Waals surface area contributed by atoms with Crippen LogP contribution in [0.5, 0.6) is 5.75 Å². The summed E-state index contributed by atoms with van der Waals surface area (Å²) >= 11 is 0. The first-order chi connectivity index (χ1) is 15.3. The van der Waals surface area contributed by atoms with Crippen LogP contribution in [0.2, 0.25) is 0 Å². The van der Waals surface area contributed by atoms with E-state index in [1.165, 1.54) is 69.2 Å². The van der Waals surface area contributed by atoms with E-state index >= 15 is 0 Å². The molecule has 0 radical (unpaired) electrons. The van der Waals surface area contributed by atoms with Gasteiger partial charge in [-0.25, -0.2) is 4.79 Å². The van der Waals surface area contributed by atoms with Crippen molar-refractivity contribution in [2.75, 3.05) is 0 Å². The highest BCUT2D eigenvalue weighted by Gasteiger charge is 2.58. The molecule has 0 bridgehead atoms. The predicted octanol–water partition coefficient (Wildman–Crippen LogP) is 6.91. The average molecular weight is 442 g/mol. The lowest BCUT2D eigenvalue weighted by molar-refractivity contribution is -0.384. The van der Waals surface area contributed by atoms with Gasteiger partial charge >= 0.3 is 6.16 Å². The van der Waals surface area contributed by atoms with E-state index in [1.54, 1.807) is 0 Å². The molecule has 0 unspecified atom stereocenters. The molecule has 0 spiro atoms. The molecule has 4 fully saturated rings. The van der Waals surface area contributed by atoms with Crippen molar-refractivity contribution in [3.63, 3.8) is 0 Å². The van der Waals surface area contributed by atoms with Crippen molar-refractivity contribution in [2.24, 2.45) is 34.5 Å². The summed E-state index contributed by atoms with van der Waals surface area (Å²) in [5, 5.41) is 10.8. The first-order valence-corrected chi connectivity index (χ1v) is 12.4. The monoisotopic (exact) mass is 441 g/mol. The van der Waals surface area contributed by atoms with Crippen LogP contribution in [0.3, 0.4) is 0 Å². The minimum atomic E-state index is -0.708. The average Bonchev–Trinajstić information content (AvgIpc) is 3.16. The largest absolute Gasteiger partial charge is 0.514 e. The minimum absolute atomic E-state index is 0.0338. The first-order valence-electron chi connectivity index (χ1n) is 12.4. The standard InChI is InChI=1S/C26H35NO5/c1-25-13-3-4-22(25)21-10-5-17-16-20(11-15-26(17,2)23(21)12-14-25)32-24(28)31-19-8-6-18(7-9-19)27(29)30/h6-9,17,20-23H,3-5,10-16H2,1-2H3/t17-,20-,21-,22-,23-,25-,26-/m0/s1. The third-order valence-corrected chi connectivity index (χ3v) is 9.91. The van der Waals surface area contributed by atoms with E-state index in [4.69, 9.17) is 9.47 Å². The molecule has 174 valence electrons. The van der Waals surface area contributed by atoms with Crippen LogP contribution in [0.25, 0.3) is 0 Å². The van der Waals surface area contributed by atoms with Crippen LogP contribution in [0, 0.1) is 44.6 Å². The van der Waals surface area contributed by atoms with Gasteiger partial charge in [-0.15, -0.1) is 0 Å². The minimum Gasteiger partial charge on any atom is -0.431 e. The molecule has 0 aromatic heterocycles. The van der Waals surface area contributed by atoms with Crippen molar-refractivity contribution in [2.45, 2.75) is 84.2 Å². The molecule has 0 amide bonds. The Kier molecular flexibility index (Phi) is 5.45. The van der Waals surface area contributed by atoms with Crippen LogP contribution < -0.4 is 4.74 Å². The van der Waals surface area contributed by atoms with Crippen molar-refractivity contribution in [1.29, 1.82) is 0 Å². The van der Waals surface area contributed by atoms with E-state index in [1.807, 2.05) is 0 Å². The smallest absolute Gasteiger partial charge is 0.431 e. The zero-order chi connectivity index (χ0) is 22.5. The summed E-state index contributed by atoms with van der Waals surface area (Å²) in [5.41, 5.74) is 0.926. The Hall–Kier alpha value is -2.11. The van der Waals surface area contributed by atoms with E-state index in [0.29, 0.717) is 16.7 Å². The molecule has 1 aromatic rings. The molecule has 0 N–H and O–H groups in total. The molecule has 0 heterocycles. The molecule has 6 nitrogen and oxygen atoms in total. The van der Waals surface area contributed by atoms with Crippen LogP contribution in [-0.4, -0.2) is 17.2 Å². The maximum absolute atomic E-state index is 12.3. The van der Waals surface area contributed by atoms with E-state index < -0.39 is 11.1 Å². The molecule has 6 heteroatoms. The van der Waals surface area contributed by atoms with Crippen molar-refractivity contribution >= 4 is 11.8 Å². The summed E-state index contributed by atoms with van der Waals surface area (Å²) < 4.78 is 11.0. The number of carbonyl (C=O) groups is 1. The first kappa shape index (κ1) is 21.7. The molecular weight excluding hydrogens is 406 g/mol. The number of nitrogens with zero attached hydrogens (tertiary/aromatic N) is 1. The van der Waals surface area contributed by atoms with Gasteiger partial charge in [-0.1, -0.05) is 20.3 Å². The molecular formula is C26H35NO5. The Morgan fingerprint density at radius 2 is 1.78 bits per heavy atom. The number of nitro benzene ring substituents is 1. The van der Waals surface area contributed by atoms with Crippen molar-refractivity contribution in [1.82, 2.24) is 0 Å². The summed E-state index contributed by atoms with van der Waals surface area (Å²) in [4.78, 5) is 22.6. The molecule has 1 aromatic carbocycles. The second-order valence-electron chi connectivity index (χ2n) is 11.4. The quantitative estimate of drug-likeness (QED) is 0.220. The fourth-order valence-electron chi connectivity index (χ4n) is 8.21. The molecule has 4 saturated carbocycles. The molecule has 5 rings (SSSR count). The summed E-state index contributed by atoms with van der Waals surface area (Å²) in [5.74, 6) is 3.51. The lowest BCUT2D eigenvalue weighted by atomic mass is 9.45. The molecule has 0 aliphatic heterocycles. The Balaban J connectivity index is 1.19. The second-order valence-corrected chi connectivity index (χ2v) is 11.4. The predicted molar refractivity (Wildman–Crippen MR) is 120 cm³/mol. The zero-order valence-corrected chi connectivity index (χ0v) is 19.3. The van der Waals surface area contributed by atoms with E-state index in [-0.39, 0.29) is 17.5 Å². The Morgan fingerprint density at radius 1 is 1.00 bits per heavy atom. The van der Waals surface area contributed by atoms with Gasteiger partial charge in [0.15, 0.2) is 0 Å². The van der Waals surface area contributed by atoms with Gasteiger partial charge in [-0.05, 0) is 104 Å². The number of nitro groups is 1. The maximum Gasteiger partial charge on any atom is 0.514 e. The van der Waals surface area contributed by atoms with Gasteiger partial charge in [-0.2, -0.15) is 0 Å². The number of benzene rings is 1. The molecule has 4 aliphatic rings. The van der Waals surface area contributed by atoms with Gasteiger partial charge in [0.05, 0.1) is 4.92 Å². The lowest BCUT2D eigenvalue weighted by Gasteiger charge is -2.60. The van der Waals surface area contributed by atoms with Crippen LogP contribution in [0.4, 0.5) is 10.5 Å². The van der Waals surface area contributed by atoms with Crippen LogP contribution in [0.1, 0.15) is 78.1 Å². The molecule has 0 saturated heterocycles. The number of carbonyl (C=O) groups excluding carboxylic acids is 1. The lowest BCUT2D eigenvalue weighted by Crippen LogP contribution is -2.53. The highest BCUT2D eigenvalue weighted by atomic mass is 16.7. The zero-order valence-electron chi connectivity index (χ0n) is 19.3. The Bertz CT molecular complexity index is 885. The Morgan fingerprint density at radius 3 is 2.53 bits per heavy atom. The van der Waals surface area contributed by atoms with Gasteiger partial charge in [0, 0.05) is 12.1 Å². The number of non-ortho nitro benzene ring substituents is 1. The second kappa shape index (κ2) is 8.03. The topological polar surface area (TPSA) is 78.7 Å². The highest BCUT2D eigenvalue weighted by Crippen LogP contribution is 2.66. The summed E-state index contributed by atoms with van der Waals surface area (Å²) in [6.45, 7) is 5.08. The number of hydrogen-bond acceptors (Lipinski definition) is 5. The van der Waals surface area contributed by atoms with E-state index in [2.05, 4.69) is 13.8 Å². The fraction of sp³-hybridized carbons (Fsp3) is 0.731. The number of rotatable bonds is 3. The van der Waals surface area contributed by atoms with Gasteiger partial charge in [-0.3, -0.25) is 10.1 Å². The van der Waals surface area contributed by atoms with Gasteiger partial charge in [0.2, 0.25) is 0 Å². The van der Waals surface area contributed by atoms with E-state index in [9.17, 15) is 14.9 Å². The van der Waals surface area contributed by atoms with Crippen molar-refractivity contribution < 1.29 is 19.2 Å². The van der Waals surface area contributed by atoms with Crippen LogP contribution in [-0.2, 0) is 4.74 Å². The highest BCUT2D eigenvalue weighted by molar-refractivity contribution is 5.64. The molecule has 7 atom stereocenters. The summed E-state index contributed by atoms with van der Waals surface area (Å²) in [7, 11) is 0. The Labute approximate surface area is 190 Å². The molecule has 4 aliphatic carbocycles. The molecule has 32 heavy (non-hydrogen) atoms. The third-order valence-electron chi connectivity index (χ3n) is 9.91. The fourth-order valence-corrected chi connectivity index (χ4v) is 8.21. The number of fused-ring (bicyclic) bond motifs is 5. The van der Waals surface area contributed by atoms with Gasteiger partial charge < -0.3 is 9.47 Å². The van der Waals surface area contributed by atoms with Crippen LogP contribution >= 0.6 is 0 Å². The van der Waals surface area contributed by atoms with Crippen LogP contribution in [0.15, 0.2) is 24.3 Å². The third kappa shape index (κ3) is 3.69. The van der Waals surface area contributed by atoms with Gasteiger partial charge in [0.1, 0.15) is 11.9 Å². The number of ether oxygens (including phenoxy) is 2. The normalized spacial score (nSPS) is 40.5.